The van der Waals surface area contributed by atoms with E-state index in [1.807, 2.05) is 0 Å². The zero-order valence-electron chi connectivity index (χ0n) is 12.8. The number of hydrogen-bond acceptors (Lipinski definition) is 5. The van der Waals surface area contributed by atoms with E-state index in [0.29, 0.717) is 29.0 Å². The van der Waals surface area contributed by atoms with Crippen molar-refractivity contribution in [2.45, 2.75) is 19.5 Å². The highest BCUT2D eigenvalue weighted by atomic mass is 35.5. The minimum atomic E-state index is -0.411. The first-order valence-corrected chi connectivity index (χ1v) is 7.66. The van der Waals surface area contributed by atoms with Crippen molar-refractivity contribution in [3.63, 3.8) is 0 Å². The first kappa shape index (κ1) is 16.1. The summed E-state index contributed by atoms with van der Waals surface area (Å²) in [6.07, 6.45) is 1.55. The number of nitrogens with zero attached hydrogens (tertiary/aromatic N) is 2. The smallest absolute Gasteiger partial charge is 0.315 e. The van der Waals surface area contributed by atoms with Crippen LogP contribution in [0.4, 0.5) is 4.79 Å². The molecule has 3 aromatic rings. The van der Waals surface area contributed by atoms with Crippen LogP contribution in [0.3, 0.4) is 0 Å². The molecule has 0 spiro atoms. The standard InChI is InChI=1S/C16H15ClN4O3/c1-10(19-16(22)18-9-13-3-2-8-23-13)14-20-15(24-21-14)11-4-6-12(17)7-5-11/h2-8,10H,9H2,1H3,(H2,18,19,22)/t10-/m1/s1. The molecule has 0 saturated carbocycles. The molecule has 3 rings (SSSR count). The van der Waals surface area contributed by atoms with Gasteiger partial charge in [-0.1, -0.05) is 16.8 Å². The maximum Gasteiger partial charge on any atom is 0.315 e. The summed E-state index contributed by atoms with van der Waals surface area (Å²) in [4.78, 5) is 16.2. The quantitative estimate of drug-likeness (QED) is 0.737. The minimum absolute atomic E-state index is 0.299. The van der Waals surface area contributed by atoms with Crippen LogP contribution < -0.4 is 10.6 Å². The lowest BCUT2D eigenvalue weighted by Crippen LogP contribution is -2.36. The van der Waals surface area contributed by atoms with Gasteiger partial charge >= 0.3 is 6.03 Å². The van der Waals surface area contributed by atoms with Gasteiger partial charge in [-0.25, -0.2) is 4.79 Å². The predicted octanol–water partition coefficient (Wildman–Crippen LogP) is 3.54. The SMILES string of the molecule is C[C@@H](NC(=O)NCc1ccco1)c1noc(-c2ccc(Cl)cc2)n1. The first-order chi connectivity index (χ1) is 11.6. The van der Waals surface area contributed by atoms with E-state index in [1.54, 1.807) is 49.6 Å². The van der Waals surface area contributed by atoms with Crippen molar-refractivity contribution in [3.8, 4) is 11.5 Å². The number of rotatable bonds is 5. The van der Waals surface area contributed by atoms with E-state index in [-0.39, 0.29) is 6.03 Å². The minimum Gasteiger partial charge on any atom is -0.467 e. The predicted molar refractivity (Wildman–Crippen MR) is 87.2 cm³/mol. The van der Waals surface area contributed by atoms with Crippen molar-refractivity contribution in [2.24, 2.45) is 0 Å². The highest BCUT2D eigenvalue weighted by molar-refractivity contribution is 6.30. The fourth-order valence-corrected chi connectivity index (χ4v) is 2.14. The molecule has 0 saturated heterocycles. The summed E-state index contributed by atoms with van der Waals surface area (Å²) in [5, 5.41) is 9.95. The lowest BCUT2D eigenvalue weighted by atomic mass is 10.2. The molecule has 0 aliphatic carbocycles. The van der Waals surface area contributed by atoms with Crippen LogP contribution in [-0.2, 0) is 6.54 Å². The van der Waals surface area contributed by atoms with Crippen LogP contribution in [0.5, 0.6) is 0 Å². The molecular weight excluding hydrogens is 332 g/mol. The maximum absolute atomic E-state index is 11.9. The number of carbonyl (C=O) groups is 1. The van der Waals surface area contributed by atoms with Crippen molar-refractivity contribution in [2.75, 3.05) is 0 Å². The van der Waals surface area contributed by atoms with Gasteiger partial charge in [0.2, 0.25) is 0 Å². The van der Waals surface area contributed by atoms with Gasteiger partial charge in [0.25, 0.3) is 5.89 Å². The molecule has 2 aromatic heterocycles. The van der Waals surface area contributed by atoms with E-state index < -0.39 is 6.04 Å². The largest absolute Gasteiger partial charge is 0.467 e. The Balaban J connectivity index is 1.58. The van der Waals surface area contributed by atoms with E-state index in [9.17, 15) is 4.79 Å². The van der Waals surface area contributed by atoms with Crippen molar-refractivity contribution in [3.05, 3.63) is 59.3 Å². The third kappa shape index (κ3) is 3.94. The average molecular weight is 347 g/mol. The Morgan fingerprint density at radius 1 is 1.29 bits per heavy atom. The molecule has 24 heavy (non-hydrogen) atoms. The van der Waals surface area contributed by atoms with E-state index in [0.717, 1.165) is 5.56 Å². The molecule has 1 atom stereocenters. The Hall–Kier alpha value is -2.80. The molecule has 124 valence electrons. The van der Waals surface area contributed by atoms with Gasteiger partial charge in [0, 0.05) is 10.6 Å². The molecule has 0 aliphatic heterocycles. The van der Waals surface area contributed by atoms with Crippen molar-refractivity contribution in [1.82, 2.24) is 20.8 Å². The van der Waals surface area contributed by atoms with Crippen LogP contribution in [0.25, 0.3) is 11.5 Å². The number of carbonyl (C=O) groups excluding carboxylic acids is 1. The average Bonchev–Trinajstić information content (AvgIpc) is 3.25. The van der Waals surface area contributed by atoms with Gasteiger partial charge in [-0.05, 0) is 43.3 Å². The monoisotopic (exact) mass is 346 g/mol. The molecule has 0 bridgehead atoms. The summed E-state index contributed by atoms with van der Waals surface area (Å²) in [5.74, 6) is 1.42. The number of furan rings is 1. The second-order valence-corrected chi connectivity index (χ2v) is 5.53. The summed E-state index contributed by atoms with van der Waals surface area (Å²) in [7, 11) is 0. The highest BCUT2D eigenvalue weighted by Gasteiger charge is 2.17. The summed E-state index contributed by atoms with van der Waals surface area (Å²) in [5.41, 5.74) is 0.757. The fraction of sp³-hybridized carbons (Fsp3) is 0.188. The van der Waals surface area contributed by atoms with Gasteiger partial charge < -0.3 is 19.6 Å². The van der Waals surface area contributed by atoms with Crippen molar-refractivity contribution >= 4 is 17.6 Å². The molecular formula is C16H15ClN4O3. The Labute approximate surface area is 143 Å². The Kier molecular flexibility index (Phi) is 4.81. The Bertz CT molecular complexity index is 799. The highest BCUT2D eigenvalue weighted by Crippen LogP contribution is 2.21. The third-order valence-electron chi connectivity index (χ3n) is 3.27. The number of aromatic nitrogens is 2. The summed E-state index contributed by atoms with van der Waals surface area (Å²) < 4.78 is 10.4. The second kappa shape index (κ2) is 7.18. The molecule has 8 heteroatoms. The van der Waals surface area contributed by atoms with E-state index in [4.69, 9.17) is 20.5 Å². The van der Waals surface area contributed by atoms with Gasteiger partial charge in [0.15, 0.2) is 5.82 Å². The number of urea groups is 1. The summed E-state index contributed by atoms with van der Waals surface area (Å²) in [6, 6.07) is 9.83. The molecule has 2 heterocycles. The van der Waals surface area contributed by atoms with Crippen LogP contribution in [0.2, 0.25) is 5.02 Å². The zero-order valence-corrected chi connectivity index (χ0v) is 13.6. The zero-order chi connectivity index (χ0) is 16.9. The van der Waals surface area contributed by atoms with Crippen LogP contribution >= 0.6 is 11.6 Å². The molecule has 0 aliphatic rings. The molecule has 0 radical (unpaired) electrons. The summed E-state index contributed by atoms with van der Waals surface area (Å²) >= 11 is 5.85. The second-order valence-electron chi connectivity index (χ2n) is 5.09. The number of benzene rings is 1. The van der Waals surface area contributed by atoms with E-state index >= 15 is 0 Å². The van der Waals surface area contributed by atoms with Crippen LogP contribution in [0.1, 0.15) is 24.6 Å². The topological polar surface area (TPSA) is 93.2 Å². The van der Waals surface area contributed by atoms with Gasteiger partial charge in [-0.2, -0.15) is 4.98 Å². The lowest BCUT2D eigenvalue weighted by Gasteiger charge is -2.10. The molecule has 0 fully saturated rings. The van der Waals surface area contributed by atoms with Crippen molar-refractivity contribution in [1.29, 1.82) is 0 Å². The Morgan fingerprint density at radius 2 is 2.08 bits per heavy atom. The van der Waals surface area contributed by atoms with Crippen LogP contribution in [0.15, 0.2) is 51.6 Å². The van der Waals surface area contributed by atoms with Crippen molar-refractivity contribution < 1.29 is 13.7 Å². The third-order valence-corrected chi connectivity index (χ3v) is 3.52. The van der Waals surface area contributed by atoms with Crippen LogP contribution in [-0.4, -0.2) is 16.2 Å². The normalized spacial score (nSPS) is 11.9. The van der Waals surface area contributed by atoms with Crippen LogP contribution in [0, 0.1) is 0 Å². The molecule has 2 N–H and O–H groups in total. The van der Waals surface area contributed by atoms with Gasteiger partial charge in [0.05, 0.1) is 18.8 Å². The maximum atomic E-state index is 11.9. The molecule has 1 aromatic carbocycles. The lowest BCUT2D eigenvalue weighted by molar-refractivity contribution is 0.236. The van der Waals surface area contributed by atoms with Gasteiger partial charge in [-0.3, -0.25) is 0 Å². The van der Waals surface area contributed by atoms with E-state index in [2.05, 4.69) is 20.8 Å². The number of halogens is 1. The Morgan fingerprint density at radius 3 is 2.79 bits per heavy atom. The van der Waals surface area contributed by atoms with Gasteiger partial charge in [0.1, 0.15) is 5.76 Å². The molecule has 0 unspecified atom stereocenters. The summed E-state index contributed by atoms with van der Waals surface area (Å²) in [6.45, 7) is 2.07. The molecule has 2 amide bonds. The first-order valence-electron chi connectivity index (χ1n) is 7.28. The fourth-order valence-electron chi connectivity index (χ4n) is 2.01. The number of nitrogens with one attached hydrogen (secondary N) is 2. The molecule has 7 nitrogen and oxygen atoms in total. The number of hydrogen-bond donors (Lipinski definition) is 2. The van der Waals surface area contributed by atoms with Gasteiger partial charge in [-0.15, -0.1) is 0 Å². The number of amides is 2. The van der Waals surface area contributed by atoms with E-state index in [1.165, 1.54) is 0 Å².